The summed E-state index contributed by atoms with van der Waals surface area (Å²) in [6, 6.07) is 14.1. The molecule has 0 aliphatic carbocycles. The van der Waals surface area contributed by atoms with Crippen molar-refractivity contribution in [2.24, 2.45) is 0 Å². The Morgan fingerprint density at radius 1 is 1.26 bits per heavy atom. The van der Waals surface area contributed by atoms with Gasteiger partial charge >= 0.3 is 0 Å². The van der Waals surface area contributed by atoms with Gasteiger partial charge in [0.1, 0.15) is 24.9 Å². The predicted octanol–water partition coefficient (Wildman–Crippen LogP) is 5.43. The summed E-state index contributed by atoms with van der Waals surface area (Å²) in [5.74, 6) is -0.796. The molecule has 0 saturated heterocycles. The van der Waals surface area contributed by atoms with E-state index in [9.17, 15) is 13.8 Å². The summed E-state index contributed by atoms with van der Waals surface area (Å²) in [7, 11) is 0.550. The Morgan fingerprint density at radius 3 is 2.69 bits per heavy atom. The third kappa shape index (κ3) is 7.47. The Labute approximate surface area is 232 Å². The first kappa shape index (κ1) is 28.8. The van der Waals surface area contributed by atoms with Crippen LogP contribution >= 0.6 is 18.7 Å². The van der Waals surface area contributed by atoms with E-state index in [1.165, 1.54) is 13.3 Å². The minimum absolute atomic E-state index is 0.144. The zero-order valence-electron chi connectivity index (χ0n) is 22.3. The molecule has 1 aromatic heterocycles. The van der Waals surface area contributed by atoms with Crippen molar-refractivity contribution in [1.82, 2.24) is 20.2 Å². The number of nitrogens with one attached hydrogen (secondary N) is 3. The lowest BCUT2D eigenvalue weighted by atomic mass is 9.98. The minimum atomic E-state index is -3.04. The van der Waals surface area contributed by atoms with Crippen LogP contribution in [0.3, 0.4) is 0 Å². The maximum Gasteiger partial charge on any atom is 0.252 e. The van der Waals surface area contributed by atoms with Gasteiger partial charge in [0.25, 0.3) is 5.91 Å². The number of carbonyl (C=O) groups is 1. The van der Waals surface area contributed by atoms with E-state index in [0.29, 0.717) is 22.8 Å². The fourth-order valence-corrected chi connectivity index (χ4v) is 5.45. The maximum atomic E-state index is 14.8. The van der Waals surface area contributed by atoms with Gasteiger partial charge in [-0.15, -0.1) is 11.6 Å². The highest BCUT2D eigenvalue weighted by molar-refractivity contribution is 7.62. The maximum absolute atomic E-state index is 14.8. The number of hydrogen-bond acceptors (Lipinski definition) is 8. The lowest BCUT2D eigenvalue weighted by Crippen LogP contribution is -2.42. The molecule has 9 nitrogen and oxygen atoms in total. The molecule has 3 atom stereocenters. The van der Waals surface area contributed by atoms with Crippen molar-refractivity contribution in [3.8, 4) is 5.75 Å². The number of nitrogens with zero attached hydrogens (tertiary/aromatic N) is 3. The van der Waals surface area contributed by atoms with Crippen molar-refractivity contribution < 1.29 is 18.5 Å². The smallest absolute Gasteiger partial charge is 0.252 e. The highest BCUT2D eigenvalue weighted by Gasteiger charge is 2.28. The van der Waals surface area contributed by atoms with Crippen molar-refractivity contribution in [3.63, 3.8) is 0 Å². The molecule has 39 heavy (non-hydrogen) atoms. The Balaban J connectivity index is 1.55. The molecule has 208 valence electrons. The molecular weight excluding hydrogens is 542 g/mol. The van der Waals surface area contributed by atoms with Gasteiger partial charge in [0.15, 0.2) is 5.91 Å². The van der Waals surface area contributed by atoms with E-state index in [4.69, 9.17) is 16.3 Å². The van der Waals surface area contributed by atoms with Gasteiger partial charge in [0.05, 0.1) is 18.2 Å². The van der Waals surface area contributed by atoms with E-state index >= 15 is 0 Å². The van der Waals surface area contributed by atoms with Crippen LogP contribution in [0.1, 0.15) is 33.3 Å². The molecular formula is C27H33ClFN6O3P. The third-order valence-corrected chi connectivity index (χ3v) is 8.31. The number of halogens is 2. The predicted molar refractivity (Wildman–Crippen MR) is 154 cm³/mol. The molecule has 0 bridgehead atoms. The number of rotatable bonds is 10. The fraction of sp³-hybridized carbons (Fsp3) is 0.370. The molecule has 3 N–H and O–H groups in total. The summed E-state index contributed by atoms with van der Waals surface area (Å²) < 4.78 is 32.8. The molecule has 1 amide bonds. The molecule has 0 saturated carbocycles. The Morgan fingerprint density at radius 2 is 2.00 bits per heavy atom. The van der Waals surface area contributed by atoms with Gasteiger partial charge in [-0.2, -0.15) is 4.98 Å². The topological polar surface area (TPSA) is 108 Å². The first-order valence-electron chi connectivity index (χ1n) is 12.5. The number of fused-ring (bicyclic) bond motifs is 1. The number of alkyl halides is 2. The monoisotopic (exact) mass is 574 g/mol. The number of aromatic nitrogens is 2. The van der Waals surface area contributed by atoms with Gasteiger partial charge < -0.3 is 30.2 Å². The van der Waals surface area contributed by atoms with E-state index in [1.807, 2.05) is 19.2 Å². The molecule has 3 unspecified atom stereocenters. The van der Waals surface area contributed by atoms with Crippen LogP contribution in [-0.4, -0.2) is 66.9 Å². The van der Waals surface area contributed by atoms with E-state index in [0.717, 1.165) is 24.2 Å². The zero-order chi connectivity index (χ0) is 28.2. The van der Waals surface area contributed by atoms with Crippen LogP contribution in [0.25, 0.3) is 0 Å². The summed E-state index contributed by atoms with van der Waals surface area (Å²) in [6.07, 6.45) is 0.457. The normalized spacial score (nSPS) is 17.0. The number of carbonyl (C=O) groups excluding carboxylic acids is 1. The largest absolute Gasteiger partial charge is 0.495 e. The second kappa shape index (κ2) is 12.3. The quantitative estimate of drug-likeness (QED) is 0.167. The van der Waals surface area contributed by atoms with Crippen LogP contribution in [0.5, 0.6) is 5.75 Å². The molecule has 0 radical (unpaired) electrons. The molecule has 1 aliphatic heterocycles. The fourth-order valence-electron chi connectivity index (χ4n) is 4.29. The Bertz CT molecular complexity index is 1360. The number of likely N-dealkylation sites (N-methyl/N-ethyl adjacent to an activating group) is 1. The highest BCUT2D eigenvalue weighted by Crippen LogP contribution is 2.45. The van der Waals surface area contributed by atoms with Crippen LogP contribution in [0.4, 0.5) is 21.8 Å². The molecule has 2 aromatic carbocycles. The van der Waals surface area contributed by atoms with E-state index in [1.54, 1.807) is 49.7 Å². The molecule has 2 heterocycles. The van der Waals surface area contributed by atoms with E-state index in [-0.39, 0.29) is 17.7 Å². The number of anilines is 3. The molecule has 1 aliphatic rings. The summed E-state index contributed by atoms with van der Waals surface area (Å²) >= 11 is 6.57. The first-order valence-corrected chi connectivity index (χ1v) is 15.6. The lowest BCUT2D eigenvalue weighted by Gasteiger charge is -2.30. The molecule has 4 rings (SSSR count). The number of ether oxygens (including phenoxy) is 1. The number of hydrogen-bond donors (Lipinski definition) is 3. The molecule has 12 heteroatoms. The van der Waals surface area contributed by atoms with Crippen LogP contribution in [0.2, 0.25) is 0 Å². The van der Waals surface area contributed by atoms with Crippen LogP contribution in [-0.2, 0) is 11.1 Å². The molecule has 3 aromatic rings. The van der Waals surface area contributed by atoms with Crippen molar-refractivity contribution >= 4 is 42.1 Å². The van der Waals surface area contributed by atoms with Gasteiger partial charge in [0, 0.05) is 31.3 Å². The van der Waals surface area contributed by atoms with Gasteiger partial charge in [-0.05, 0) is 61.8 Å². The average molecular weight is 575 g/mol. The van der Waals surface area contributed by atoms with Gasteiger partial charge in [-0.3, -0.25) is 4.79 Å². The molecule has 0 spiro atoms. The second-order valence-electron chi connectivity index (χ2n) is 9.95. The van der Waals surface area contributed by atoms with Gasteiger partial charge in [-0.25, -0.2) is 9.37 Å². The number of amides is 1. The first-order chi connectivity index (χ1) is 18.5. The number of methoxy groups -OCH3 is 1. The molecule has 0 fully saturated rings. The number of benzene rings is 2. The zero-order valence-corrected chi connectivity index (χ0v) is 24.0. The van der Waals surface area contributed by atoms with Crippen LogP contribution in [0.15, 0.2) is 54.7 Å². The summed E-state index contributed by atoms with van der Waals surface area (Å²) in [6.45, 7) is 4.26. The summed E-state index contributed by atoms with van der Waals surface area (Å²) in [5, 5.41) is 8.89. The SMILES string of the molecule is COc1cc2c(cc1Nc1nccc(NC(CC(F)P(C)(C)=O)NC(=O)c3ccccc3)n1)CN(C)CC2Cl. The second-order valence-corrected chi connectivity index (χ2v) is 13.9. The highest BCUT2D eigenvalue weighted by atomic mass is 35.5. The minimum Gasteiger partial charge on any atom is -0.495 e. The Kier molecular flexibility index (Phi) is 9.10. The lowest BCUT2D eigenvalue weighted by molar-refractivity contribution is 0.0937. The summed E-state index contributed by atoms with van der Waals surface area (Å²) in [4.78, 5) is 23.8. The van der Waals surface area contributed by atoms with Crippen LogP contribution in [0, 0.1) is 0 Å². The van der Waals surface area contributed by atoms with Gasteiger partial charge in [-0.1, -0.05) is 18.2 Å². The van der Waals surface area contributed by atoms with Gasteiger partial charge in [0.2, 0.25) is 5.95 Å². The summed E-state index contributed by atoms with van der Waals surface area (Å²) in [5.41, 5.74) is 3.19. The Hall–Kier alpha value is -3.20. The van der Waals surface area contributed by atoms with Crippen molar-refractivity contribution in [2.45, 2.75) is 30.4 Å². The van der Waals surface area contributed by atoms with Crippen molar-refractivity contribution in [1.29, 1.82) is 0 Å². The van der Waals surface area contributed by atoms with Crippen LogP contribution < -0.4 is 20.7 Å². The van der Waals surface area contributed by atoms with Crippen molar-refractivity contribution in [2.75, 3.05) is 44.7 Å². The third-order valence-electron chi connectivity index (χ3n) is 6.38. The van der Waals surface area contributed by atoms with E-state index < -0.39 is 25.1 Å². The van der Waals surface area contributed by atoms with E-state index in [2.05, 4.69) is 30.8 Å². The van der Waals surface area contributed by atoms with Crippen molar-refractivity contribution in [3.05, 3.63) is 71.4 Å². The standard InChI is InChI=1S/C27H33ClFN6O3P/c1-35-15-18-12-21(22(38-2)13-19(18)20(28)16-35)31-27-30-11-10-24(34-27)32-25(14-23(29)39(3,4)37)33-26(36)17-8-6-5-7-9-17/h5-13,20,23,25H,14-16H2,1-4H3,(H,33,36)(H2,30,31,32,34). The average Bonchev–Trinajstić information content (AvgIpc) is 2.88.